The first-order valence-electron chi connectivity index (χ1n) is 15.9. The van der Waals surface area contributed by atoms with E-state index in [1.165, 1.54) is 19.8 Å². The number of nitrogens with two attached hydrogens (primary N) is 1. The number of amides is 1. The van der Waals surface area contributed by atoms with Gasteiger partial charge in [0.15, 0.2) is 11.6 Å². The van der Waals surface area contributed by atoms with Crippen molar-refractivity contribution in [3.8, 4) is 22.8 Å². The van der Waals surface area contributed by atoms with Crippen LogP contribution in [0.15, 0.2) is 49.3 Å². The Morgan fingerprint density at radius 3 is 1.56 bits per heavy atom. The van der Waals surface area contributed by atoms with Crippen LogP contribution in [0.3, 0.4) is 0 Å². The van der Waals surface area contributed by atoms with Crippen LogP contribution >= 0.6 is 34.8 Å². The van der Waals surface area contributed by atoms with E-state index in [0.29, 0.717) is 28.8 Å². The lowest BCUT2D eigenvalue weighted by Crippen LogP contribution is -2.23. The van der Waals surface area contributed by atoms with Gasteiger partial charge < -0.3 is 20.9 Å². The molecule has 0 spiro atoms. The molecule has 264 valence electrons. The molecular formula is C33H39Cl3N12O2. The molecule has 2 aliphatic carbocycles. The number of fused-ring (bicyclic) bond motifs is 2. The maximum atomic E-state index is 11.6. The number of carbonyl (C=O) groups excluding carboxylic acids is 2. The van der Waals surface area contributed by atoms with E-state index in [0.717, 1.165) is 67.3 Å². The van der Waals surface area contributed by atoms with Gasteiger partial charge in [-0.2, -0.15) is 0 Å². The number of piperidine rings is 2. The number of carbonyl (C=O) groups is 2. The number of aromatic nitrogens is 8. The lowest BCUT2D eigenvalue weighted by molar-refractivity contribution is -0.115. The van der Waals surface area contributed by atoms with Crippen LogP contribution in [0.4, 0.5) is 23.5 Å². The van der Waals surface area contributed by atoms with Crippen LogP contribution in [0, 0.1) is 23.7 Å². The van der Waals surface area contributed by atoms with Crippen LogP contribution < -0.4 is 20.9 Å². The highest BCUT2D eigenvalue weighted by Crippen LogP contribution is 2.46. The molecule has 1 amide bonds. The van der Waals surface area contributed by atoms with E-state index in [4.69, 9.17) is 40.5 Å². The van der Waals surface area contributed by atoms with Crippen LogP contribution in [0.2, 0.25) is 0 Å². The number of halogens is 3. The zero-order valence-electron chi connectivity index (χ0n) is 26.8. The Bertz CT molecular complexity index is 1760. The average Bonchev–Trinajstić information content (AvgIpc) is 3.94. The SMILES string of the molecule is C.CC(Cl)C(=O)Cl.CC(Cl)C(=O)Nc1ccnc(-c2cnc(N3CC4CC4C3)nc2)n1.Nc1ccnc(-c2cnc(N3CC4CC4C3)nc2)n1. The summed E-state index contributed by atoms with van der Waals surface area (Å²) in [6.07, 6.45) is 12.9. The van der Waals surface area contributed by atoms with Crippen molar-refractivity contribution >= 4 is 69.5 Å². The van der Waals surface area contributed by atoms with Crippen LogP contribution in [0.1, 0.15) is 34.1 Å². The molecule has 17 heteroatoms. The van der Waals surface area contributed by atoms with Gasteiger partial charge in [0.1, 0.15) is 22.4 Å². The molecule has 14 nitrogen and oxygen atoms in total. The zero-order chi connectivity index (χ0) is 34.7. The summed E-state index contributed by atoms with van der Waals surface area (Å²) in [7, 11) is 0. The fourth-order valence-corrected chi connectivity index (χ4v) is 5.68. The molecule has 0 bridgehead atoms. The van der Waals surface area contributed by atoms with Crippen molar-refractivity contribution in [2.75, 3.05) is 47.0 Å². The first kappa shape index (κ1) is 37.0. The quantitative estimate of drug-likeness (QED) is 0.192. The summed E-state index contributed by atoms with van der Waals surface area (Å²) in [5.41, 5.74) is 7.14. The van der Waals surface area contributed by atoms with Gasteiger partial charge in [0.2, 0.25) is 23.0 Å². The van der Waals surface area contributed by atoms with Gasteiger partial charge in [-0.1, -0.05) is 7.43 Å². The van der Waals surface area contributed by atoms with Crippen LogP contribution in [-0.4, -0.2) is 88.0 Å². The standard InChI is InChI=1S/C16H17ClN6O.C13H14N6.C3H4Cl2O.CH4/c1-9(17)15(24)22-13-2-3-18-14(21-13)12-5-19-16(20-6-12)23-7-10-4-11(10)8-23;14-11-1-2-15-12(18-11)10-4-16-13(17-5-10)19-6-8-3-9(8)7-19;1-2(4)3(5)6;/h2-3,5-6,9-11H,4,7-8H2,1H3,(H,18,21,22,24);1-2,4-5,8-9H,3,6-7H2,(H2,14,15,18);2H,1H3;1H4. The highest BCUT2D eigenvalue weighted by Gasteiger charge is 2.46. The number of nitrogen functional groups attached to an aromatic ring is 1. The molecule has 50 heavy (non-hydrogen) atoms. The highest BCUT2D eigenvalue weighted by molar-refractivity contribution is 6.69. The largest absolute Gasteiger partial charge is 0.384 e. The number of nitrogens with one attached hydrogen (secondary N) is 1. The maximum Gasteiger partial charge on any atom is 0.243 e. The molecule has 3 N–H and O–H groups in total. The third-order valence-corrected chi connectivity index (χ3v) is 9.41. The number of hydrogen-bond acceptors (Lipinski definition) is 13. The number of hydrogen-bond donors (Lipinski definition) is 2. The van der Waals surface area contributed by atoms with E-state index in [1.54, 1.807) is 56.2 Å². The normalized spacial score (nSPS) is 21.9. The molecule has 0 radical (unpaired) electrons. The fraction of sp³-hybridized carbons (Fsp3) is 0.455. The maximum absolute atomic E-state index is 11.6. The molecule has 0 aromatic carbocycles. The van der Waals surface area contributed by atoms with Gasteiger partial charge in [-0.25, -0.2) is 39.9 Å². The molecule has 4 fully saturated rings. The number of anilines is 4. The van der Waals surface area contributed by atoms with Gasteiger partial charge in [0, 0.05) is 63.4 Å². The molecule has 4 aromatic rings. The van der Waals surface area contributed by atoms with Crippen molar-refractivity contribution in [1.82, 2.24) is 39.9 Å². The molecule has 4 aromatic heterocycles. The molecule has 4 aliphatic rings. The van der Waals surface area contributed by atoms with E-state index in [1.807, 2.05) is 0 Å². The topological polar surface area (TPSA) is 182 Å². The Kier molecular flexibility index (Phi) is 12.0. The van der Waals surface area contributed by atoms with Gasteiger partial charge in [0.25, 0.3) is 0 Å². The first-order valence-corrected chi connectivity index (χ1v) is 17.1. The van der Waals surface area contributed by atoms with Crippen molar-refractivity contribution in [2.45, 2.75) is 44.9 Å². The first-order chi connectivity index (χ1) is 23.5. The van der Waals surface area contributed by atoms with Gasteiger partial charge in [-0.15, -0.1) is 23.2 Å². The Morgan fingerprint density at radius 2 is 1.16 bits per heavy atom. The minimum Gasteiger partial charge on any atom is -0.384 e. The van der Waals surface area contributed by atoms with Gasteiger partial charge in [-0.05, 0) is 74.1 Å². The monoisotopic (exact) mass is 740 g/mol. The Labute approximate surface area is 305 Å². The second-order valence-corrected chi connectivity index (χ2v) is 14.1. The van der Waals surface area contributed by atoms with E-state index in [-0.39, 0.29) is 13.3 Å². The van der Waals surface area contributed by atoms with Crippen molar-refractivity contribution in [1.29, 1.82) is 0 Å². The third-order valence-electron chi connectivity index (χ3n) is 8.57. The Balaban J connectivity index is 0.000000168. The third kappa shape index (κ3) is 9.49. The molecule has 6 atom stereocenters. The van der Waals surface area contributed by atoms with Gasteiger partial charge in [0.05, 0.1) is 11.1 Å². The number of alkyl halides is 2. The molecular weight excluding hydrogens is 703 g/mol. The summed E-state index contributed by atoms with van der Waals surface area (Å²) in [5.74, 6) is 6.56. The van der Waals surface area contributed by atoms with Gasteiger partial charge in [-0.3, -0.25) is 9.59 Å². The smallest absolute Gasteiger partial charge is 0.243 e. The second kappa shape index (κ2) is 16.2. The van der Waals surface area contributed by atoms with Crippen molar-refractivity contribution in [2.24, 2.45) is 23.7 Å². The zero-order valence-corrected chi connectivity index (χ0v) is 29.1. The van der Waals surface area contributed by atoms with E-state index < -0.39 is 16.0 Å². The molecule has 6 heterocycles. The summed E-state index contributed by atoms with van der Waals surface area (Å²) in [5, 5.41) is 0.967. The lowest BCUT2D eigenvalue weighted by Gasteiger charge is -2.17. The highest BCUT2D eigenvalue weighted by atomic mass is 35.5. The van der Waals surface area contributed by atoms with Crippen LogP contribution in [0.25, 0.3) is 22.8 Å². The Morgan fingerprint density at radius 1 is 0.740 bits per heavy atom. The number of nitrogens with zero attached hydrogens (tertiary/aromatic N) is 10. The average molecular weight is 742 g/mol. The molecule has 2 saturated carbocycles. The lowest BCUT2D eigenvalue weighted by atomic mass is 10.3. The van der Waals surface area contributed by atoms with Crippen molar-refractivity contribution < 1.29 is 9.59 Å². The molecule has 2 saturated heterocycles. The Hall–Kier alpha value is -4.27. The molecule has 6 unspecified atom stereocenters. The fourth-order valence-electron chi connectivity index (χ4n) is 5.63. The number of rotatable bonds is 7. The van der Waals surface area contributed by atoms with E-state index in [9.17, 15) is 9.59 Å². The van der Waals surface area contributed by atoms with E-state index in [2.05, 4.69) is 55.0 Å². The molecule has 8 rings (SSSR count). The summed E-state index contributed by atoms with van der Waals surface area (Å²) in [6, 6.07) is 3.28. The van der Waals surface area contributed by atoms with Crippen molar-refractivity contribution in [3.05, 3.63) is 49.3 Å². The van der Waals surface area contributed by atoms with Crippen molar-refractivity contribution in [3.63, 3.8) is 0 Å². The minimum atomic E-state index is -0.627. The van der Waals surface area contributed by atoms with Crippen LogP contribution in [-0.2, 0) is 9.59 Å². The second-order valence-electron chi connectivity index (χ2n) is 12.5. The van der Waals surface area contributed by atoms with Gasteiger partial charge >= 0.3 is 0 Å². The predicted molar refractivity (Wildman–Crippen MR) is 195 cm³/mol. The summed E-state index contributed by atoms with van der Waals surface area (Å²) in [6.45, 7) is 7.43. The summed E-state index contributed by atoms with van der Waals surface area (Å²) < 4.78 is 0. The summed E-state index contributed by atoms with van der Waals surface area (Å²) >= 11 is 15.7. The molecule has 2 aliphatic heterocycles. The minimum absolute atomic E-state index is 0. The van der Waals surface area contributed by atoms with Crippen LogP contribution in [0.5, 0.6) is 0 Å². The summed E-state index contributed by atoms with van der Waals surface area (Å²) in [4.78, 5) is 60.5. The van der Waals surface area contributed by atoms with E-state index >= 15 is 0 Å². The predicted octanol–water partition coefficient (Wildman–Crippen LogP) is 4.94.